The summed E-state index contributed by atoms with van der Waals surface area (Å²) in [6, 6.07) is 7.01. The van der Waals surface area contributed by atoms with Gasteiger partial charge < -0.3 is 15.0 Å². The molecule has 0 spiro atoms. The molecule has 0 aromatic heterocycles. The van der Waals surface area contributed by atoms with E-state index < -0.39 is 18.5 Å². The summed E-state index contributed by atoms with van der Waals surface area (Å²) in [4.78, 5) is 35.5. The number of amides is 2. The first-order chi connectivity index (χ1) is 10.4. The number of esters is 1. The lowest BCUT2D eigenvalue weighted by atomic mass is 10.2. The molecule has 0 aliphatic carbocycles. The zero-order chi connectivity index (χ0) is 16.5. The Balaban J connectivity index is 2.44. The molecule has 7 heteroatoms. The Morgan fingerprint density at radius 1 is 1.32 bits per heavy atom. The zero-order valence-electron chi connectivity index (χ0n) is 12.3. The molecule has 0 saturated carbocycles. The van der Waals surface area contributed by atoms with E-state index in [-0.39, 0.29) is 12.5 Å². The predicted octanol–water partition coefficient (Wildman–Crippen LogP) is 1.10. The number of nitrogens with one attached hydrogen (secondary N) is 1. The first-order valence-electron chi connectivity index (χ1n) is 6.48. The third-order valence-corrected chi connectivity index (χ3v) is 3.07. The fourth-order valence-electron chi connectivity index (χ4n) is 1.44. The number of carbonyl (C=O) groups is 3. The second-order valence-corrected chi connectivity index (χ2v) is 4.79. The monoisotopic (exact) mass is 324 g/mol. The fraction of sp³-hybridized carbons (Fsp3) is 0.267. The van der Waals surface area contributed by atoms with Crippen molar-refractivity contribution in [2.75, 3.05) is 27.2 Å². The van der Waals surface area contributed by atoms with E-state index in [1.807, 2.05) is 0 Å². The number of likely N-dealkylation sites (N-methyl/N-ethyl adjacent to an activating group) is 2. The van der Waals surface area contributed by atoms with E-state index in [4.69, 9.17) is 16.3 Å². The summed E-state index contributed by atoms with van der Waals surface area (Å²) >= 11 is 5.94. The lowest BCUT2D eigenvalue weighted by Crippen LogP contribution is -2.38. The van der Waals surface area contributed by atoms with Gasteiger partial charge in [-0.15, -0.1) is 0 Å². The van der Waals surface area contributed by atoms with Gasteiger partial charge in [0, 0.05) is 25.2 Å². The van der Waals surface area contributed by atoms with Crippen molar-refractivity contribution in [3.8, 4) is 0 Å². The lowest BCUT2D eigenvalue weighted by molar-refractivity contribution is -0.148. The highest BCUT2D eigenvalue weighted by molar-refractivity contribution is 6.32. The molecule has 0 aliphatic rings. The maximum Gasteiger partial charge on any atom is 0.331 e. The first-order valence-corrected chi connectivity index (χ1v) is 6.85. The van der Waals surface area contributed by atoms with Crippen molar-refractivity contribution in [3.05, 3.63) is 40.9 Å². The normalized spacial score (nSPS) is 10.3. The number of nitrogens with zero attached hydrogens (tertiary/aromatic N) is 1. The highest BCUT2D eigenvalue weighted by Crippen LogP contribution is 2.16. The molecular weight excluding hydrogens is 308 g/mol. The van der Waals surface area contributed by atoms with E-state index in [2.05, 4.69) is 5.32 Å². The maximum absolute atomic E-state index is 11.7. The van der Waals surface area contributed by atoms with E-state index >= 15 is 0 Å². The summed E-state index contributed by atoms with van der Waals surface area (Å²) in [7, 11) is 2.92. The van der Waals surface area contributed by atoms with Crippen molar-refractivity contribution in [1.29, 1.82) is 0 Å². The van der Waals surface area contributed by atoms with E-state index in [0.29, 0.717) is 10.6 Å². The smallest absolute Gasteiger partial charge is 0.331 e. The number of hydrogen-bond acceptors (Lipinski definition) is 4. The lowest BCUT2D eigenvalue weighted by Gasteiger charge is -2.15. The molecule has 1 aromatic carbocycles. The standard InChI is InChI=1S/C15H17ClN2O4/c1-17-13(19)9-18(2)14(20)10-22-15(21)8-7-11-5-3-4-6-12(11)16/h3-8H,9-10H2,1-2H3,(H,17,19)/b8-7+. The quantitative estimate of drug-likeness (QED) is 0.628. The number of hydrogen-bond donors (Lipinski definition) is 1. The van der Waals surface area contributed by atoms with E-state index in [1.54, 1.807) is 24.3 Å². The van der Waals surface area contributed by atoms with Gasteiger partial charge >= 0.3 is 5.97 Å². The van der Waals surface area contributed by atoms with Gasteiger partial charge in [0.05, 0.1) is 6.54 Å². The average molecular weight is 325 g/mol. The number of carbonyl (C=O) groups excluding carboxylic acids is 3. The largest absolute Gasteiger partial charge is 0.452 e. The minimum Gasteiger partial charge on any atom is -0.452 e. The molecule has 0 aliphatic heterocycles. The average Bonchev–Trinajstić information content (AvgIpc) is 2.51. The number of halogens is 1. The van der Waals surface area contributed by atoms with Crippen molar-refractivity contribution in [1.82, 2.24) is 10.2 Å². The summed E-state index contributed by atoms with van der Waals surface area (Å²) in [6.07, 6.45) is 2.69. The van der Waals surface area contributed by atoms with Crippen LogP contribution in [0.15, 0.2) is 30.3 Å². The Kier molecular flexibility index (Phi) is 7.12. The minimum atomic E-state index is -0.665. The molecule has 0 heterocycles. The van der Waals surface area contributed by atoms with E-state index in [1.165, 1.54) is 31.1 Å². The van der Waals surface area contributed by atoms with E-state index in [9.17, 15) is 14.4 Å². The third-order valence-electron chi connectivity index (χ3n) is 2.73. The third kappa shape index (κ3) is 5.97. The van der Waals surface area contributed by atoms with Crippen LogP contribution < -0.4 is 5.32 Å². The van der Waals surface area contributed by atoms with Crippen LogP contribution in [-0.2, 0) is 19.1 Å². The van der Waals surface area contributed by atoms with Gasteiger partial charge in [-0.05, 0) is 17.7 Å². The van der Waals surface area contributed by atoms with Gasteiger partial charge in [-0.3, -0.25) is 9.59 Å². The van der Waals surface area contributed by atoms with Crippen LogP contribution in [0.25, 0.3) is 6.08 Å². The minimum absolute atomic E-state index is 0.0949. The van der Waals surface area contributed by atoms with Crippen LogP contribution in [0.5, 0.6) is 0 Å². The molecule has 22 heavy (non-hydrogen) atoms. The van der Waals surface area contributed by atoms with Gasteiger partial charge in [0.15, 0.2) is 6.61 Å². The van der Waals surface area contributed by atoms with Gasteiger partial charge in [-0.25, -0.2) is 4.79 Å². The topological polar surface area (TPSA) is 75.7 Å². The molecule has 118 valence electrons. The molecule has 0 bridgehead atoms. The Labute approximate surface area is 133 Å². The van der Waals surface area contributed by atoms with Crippen molar-refractivity contribution in [2.45, 2.75) is 0 Å². The Morgan fingerprint density at radius 3 is 2.64 bits per heavy atom. The van der Waals surface area contributed by atoms with Gasteiger partial charge in [0.2, 0.25) is 5.91 Å². The Bertz CT molecular complexity index is 587. The molecular formula is C15H17ClN2O4. The highest BCUT2D eigenvalue weighted by atomic mass is 35.5. The van der Waals surface area contributed by atoms with Crippen LogP contribution in [0.2, 0.25) is 5.02 Å². The Morgan fingerprint density at radius 2 is 2.00 bits per heavy atom. The summed E-state index contributed by atoms with van der Waals surface area (Å²) < 4.78 is 4.81. The molecule has 1 aromatic rings. The number of benzene rings is 1. The molecule has 0 fully saturated rings. The Hall–Kier alpha value is -2.34. The van der Waals surface area contributed by atoms with Crippen LogP contribution >= 0.6 is 11.6 Å². The summed E-state index contributed by atoms with van der Waals surface area (Å²) in [5.41, 5.74) is 0.671. The van der Waals surface area contributed by atoms with Crippen molar-refractivity contribution in [3.63, 3.8) is 0 Å². The van der Waals surface area contributed by atoms with E-state index in [0.717, 1.165) is 0 Å². The summed E-state index contributed by atoms with van der Waals surface area (Å²) in [5.74, 6) is -1.44. The molecule has 0 radical (unpaired) electrons. The van der Waals surface area contributed by atoms with Crippen LogP contribution in [0.1, 0.15) is 5.56 Å². The van der Waals surface area contributed by atoms with Crippen molar-refractivity contribution in [2.24, 2.45) is 0 Å². The molecule has 0 saturated heterocycles. The first kappa shape index (κ1) is 17.7. The van der Waals surface area contributed by atoms with Gasteiger partial charge in [0.1, 0.15) is 0 Å². The molecule has 0 atom stereocenters. The van der Waals surface area contributed by atoms with Crippen LogP contribution in [0, 0.1) is 0 Å². The molecule has 1 N–H and O–H groups in total. The highest BCUT2D eigenvalue weighted by Gasteiger charge is 2.13. The van der Waals surface area contributed by atoms with Crippen LogP contribution in [0.3, 0.4) is 0 Å². The molecule has 2 amide bonds. The van der Waals surface area contributed by atoms with Gasteiger partial charge in [-0.2, -0.15) is 0 Å². The van der Waals surface area contributed by atoms with Gasteiger partial charge in [0.25, 0.3) is 5.91 Å². The maximum atomic E-state index is 11.7. The molecule has 6 nitrogen and oxygen atoms in total. The van der Waals surface area contributed by atoms with Crippen LogP contribution in [0.4, 0.5) is 0 Å². The second kappa shape index (κ2) is 8.84. The number of ether oxygens (including phenoxy) is 1. The molecule has 1 rings (SSSR count). The zero-order valence-corrected chi connectivity index (χ0v) is 13.1. The fourth-order valence-corrected chi connectivity index (χ4v) is 1.64. The summed E-state index contributed by atoms with van der Waals surface area (Å²) in [5, 5.41) is 2.90. The summed E-state index contributed by atoms with van der Waals surface area (Å²) in [6.45, 7) is -0.526. The predicted molar refractivity (Wildman–Crippen MR) is 83.1 cm³/mol. The van der Waals surface area contributed by atoms with Crippen LogP contribution in [-0.4, -0.2) is 49.9 Å². The van der Waals surface area contributed by atoms with Crippen molar-refractivity contribution >= 4 is 35.5 Å². The second-order valence-electron chi connectivity index (χ2n) is 4.39. The van der Waals surface area contributed by atoms with Gasteiger partial charge in [-0.1, -0.05) is 29.8 Å². The van der Waals surface area contributed by atoms with Crippen molar-refractivity contribution < 1.29 is 19.1 Å². The SMILES string of the molecule is CNC(=O)CN(C)C(=O)COC(=O)/C=C/c1ccccc1Cl. The number of rotatable bonds is 6. The molecule has 0 unspecified atom stereocenters.